The van der Waals surface area contributed by atoms with Crippen molar-refractivity contribution in [1.82, 2.24) is 0 Å². The van der Waals surface area contributed by atoms with E-state index in [0.717, 1.165) is 31.4 Å². The number of nitrogens with two attached hydrogens (primary N) is 1. The van der Waals surface area contributed by atoms with Gasteiger partial charge in [-0.1, -0.05) is 25.3 Å². The van der Waals surface area contributed by atoms with Gasteiger partial charge in [0.2, 0.25) is 5.91 Å². The van der Waals surface area contributed by atoms with E-state index in [0.29, 0.717) is 12.8 Å². The van der Waals surface area contributed by atoms with E-state index in [1.54, 1.807) is 0 Å². The van der Waals surface area contributed by atoms with Gasteiger partial charge in [0, 0.05) is 5.69 Å². The average Bonchev–Trinajstić information content (AvgIpc) is 2.39. The van der Waals surface area contributed by atoms with Crippen molar-refractivity contribution in [1.29, 1.82) is 0 Å². The molecule has 1 saturated carbocycles. The maximum Gasteiger partial charge on any atom is 0.416 e. The van der Waals surface area contributed by atoms with E-state index in [4.69, 9.17) is 5.73 Å². The van der Waals surface area contributed by atoms with Crippen molar-refractivity contribution in [3.63, 3.8) is 0 Å². The molecule has 1 aromatic carbocycles. The molecule has 21 heavy (non-hydrogen) atoms. The van der Waals surface area contributed by atoms with Gasteiger partial charge in [0.05, 0.1) is 11.1 Å². The first-order valence-electron chi connectivity index (χ1n) is 6.59. The van der Waals surface area contributed by atoms with Crippen LogP contribution in [0.25, 0.3) is 0 Å². The summed E-state index contributed by atoms with van der Waals surface area (Å²) in [7, 11) is 0. The highest BCUT2D eigenvalue weighted by Gasteiger charge is 2.36. The van der Waals surface area contributed by atoms with Crippen LogP contribution in [0.4, 0.5) is 18.9 Å². The number of benzene rings is 1. The molecular formula is C14H18ClF3N2O. The predicted octanol–water partition coefficient (Wildman–Crippen LogP) is 3.73. The van der Waals surface area contributed by atoms with E-state index in [1.165, 1.54) is 12.1 Å². The van der Waals surface area contributed by atoms with Gasteiger partial charge in [-0.3, -0.25) is 4.79 Å². The summed E-state index contributed by atoms with van der Waals surface area (Å²) in [6.07, 6.45) is -0.517. The monoisotopic (exact) mass is 322 g/mol. The molecule has 0 aromatic heterocycles. The molecule has 0 saturated heterocycles. The normalized spacial score (nSPS) is 17.7. The summed E-state index contributed by atoms with van der Waals surface area (Å²) in [6.45, 7) is 0. The Balaban J connectivity index is 0.00000220. The standard InChI is InChI=1S/C14H17F3N2O.ClH/c15-14(16,17)10-5-4-6-11(9-10)19-12(20)13(18)7-2-1-3-8-13;/h4-6,9H,1-3,7-8,18H2,(H,19,20);1H. The second-order valence-corrected chi connectivity index (χ2v) is 5.25. The van der Waals surface area contributed by atoms with Crippen LogP contribution in [0.3, 0.4) is 0 Å². The molecule has 0 unspecified atom stereocenters. The van der Waals surface area contributed by atoms with E-state index < -0.39 is 23.2 Å². The van der Waals surface area contributed by atoms with Gasteiger partial charge < -0.3 is 11.1 Å². The molecule has 0 atom stereocenters. The number of carbonyl (C=O) groups is 1. The summed E-state index contributed by atoms with van der Waals surface area (Å²) in [5, 5.41) is 2.50. The first-order valence-corrected chi connectivity index (χ1v) is 6.59. The van der Waals surface area contributed by atoms with Gasteiger partial charge in [-0.15, -0.1) is 12.4 Å². The molecule has 1 fully saturated rings. The van der Waals surface area contributed by atoms with Gasteiger partial charge >= 0.3 is 6.18 Å². The van der Waals surface area contributed by atoms with Crippen molar-refractivity contribution in [2.75, 3.05) is 5.32 Å². The number of hydrogen-bond acceptors (Lipinski definition) is 2. The highest BCUT2D eigenvalue weighted by Crippen LogP contribution is 2.31. The smallest absolute Gasteiger partial charge is 0.324 e. The van der Waals surface area contributed by atoms with Gasteiger partial charge in [-0.05, 0) is 31.0 Å². The van der Waals surface area contributed by atoms with E-state index in [2.05, 4.69) is 5.32 Å². The van der Waals surface area contributed by atoms with E-state index in [1.807, 2.05) is 0 Å². The summed E-state index contributed by atoms with van der Waals surface area (Å²) in [6, 6.07) is 4.58. The second kappa shape index (κ2) is 6.66. The number of alkyl halides is 3. The summed E-state index contributed by atoms with van der Waals surface area (Å²) >= 11 is 0. The molecule has 3 N–H and O–H groups in total. The van der Waals surface area contributed by atoms with Crippen molar-refractivity contribution in [2.45, 2.75) is 43.8 Å². The van der Waals surface area contributed by atoms with Crippen LogP contribution in [0.1, 0.15) is 37.7 Å². The quantitative estimate of drug-likeness (QED) is 0.871. The summed E-state index contributed by atoms with van der Waals surface area (Å²) in [4.78, 5) is 12.1. The van der Waals surface area contributed by atoms with Gasteiger partial charge in [0.25, 0.3) is 0 Å². The lowest BCUT2D eigenvalue weighted by molar-refractivity contribution is -0.137. The Morgan fingerprint density at radius 1 is 1.19 bits per heavy atom. The number of rotatable bonds is 2. The fourth-order valence-electron chi connectivity index (χ4n) is 2.44. The maximum atomic E-state index is 12.6. The van der Waals surface area contributed by atoms with E-state index in [-0.39, 0.29) is 18.1 Å². The van der Waals surface area contributed by atoms with Crippen LogP contribution in [0.5, 0.6) is 0 Å². The van der Waals surface area contributed by atoms with E-state index >= 15 is 0 Å². The minimum atomic E-state index is -4.42. The SMILES string of the molecule is Cl.NC1(C(=O)Nc2cccc(C(F)(F)F)c2)CCCCC1. The number of hydrogen-bond donors (Lipinski definition) is 2. The van der Waals surface area contributed by atoms with Crippen LogP contribution in [0, 0.1) is 0 Å². The number of nitrogens with one attached hydrogen (secondary N) is 1. The Morgan fingerprint density at radius 2 is 1.81 bits per heavy atom. The lowest BCUT2D eigenvalue weighted by Crippen LogP contribution is -2.52. The number of amides is 1. The molecule has 0 aliphatic heterocycles. The lowest BCUT2D eigenvalue weighted by atomic mass is 9.82. The topological polar surface area (TPSA) is 55.1 Å². The van der Waals surface area contributed by atoms with Crippen LogP contribution in [0.2, 0.25) is 0 Å². The summed E-state index contributed by atoms with van der Waals surface area (Å²) in [5.41, 5.74) is 4.41. The highest BCUT2D eigenvalue weighted by molar-refractivity contribution is 5.98. The molecule has 3 nitrogen and oxygen atoms in total. The molecule has 1 aliphatic rings. The summed E-state index contributed by atoms with van der Waals surface area (Å²) in [5.74, 6) is -0.406. The van der Waals surface area contributed by atoms with Crippen LogP contribution in [-0.4, -0.2) is 11.4 Å². The molecule has 2 rings (SSSR count). The molecule has 0 radical (unpaired) electrons. The molecule has 1 aliphatic carbocycles. The van der Waals surface area contributed by atoms with Crippen LogP contribution in [-0.2, 0) is 11.0 Å². The molecule has 0 heterocycles. The molecule has 118 valence electrons. The van der Waals surface area contributed by atoms with Gasteiger partial charge in [-0.25, -0.2) is 0 Å². The van der Waals surface area contributed by atoms with Crippen molar-refractivity contribution >= 4 is 24.0 Å². The first-order chi connectivity index (χ1) is 9.31. The molecule has 1 amide bonds. The highest BCUT2D eigenvalue weighted by atomic mass is 35.5. The van der Waals surface area contributed by atoms with Crippen molar-refractivity contribution in [2.24, 2.45) is 5.73 Å². The minimum Gasteiger partial charge on any atom is -0.324 e. The zero-order valence-electron chi connectivity index (χ0n) is 11.4. The van der Waals surface area contributed by atoms with Gasteiger partial charge in [0.15, 0.2) is 0 Å². The molecule has 7 heteroatoms. The van der Waals surface area contributed by atoms with Gasteiger partial charge in [0.1, 0.15) is 0 Å². The zero-order valence-corrected chi connectivity index (χ0v) is 12.2. The average molecular weight is 323 g/mol. The predicted molar refractivity (Wildman–Crippen MR) is 77.3 cm³/mol. The minimum absolute atomic E-state index is 0. The van der Waals surface area contributed by atoms with Crippen molar-refractivity contribution in [3.05, 3.63) is 29.8 Å². The number of halogens is 4. The summed E-state index contributed by atoms with van der Waals surface area (Å²) < 4.78 is 37.8. The third kappa shape index (κ3) is 4.35. The fraction of sp³-hybridized carbons (Fsp3) is 0.500. The van der Waals surface area contributed by atoms with Crippen molar-refractivity contribution < 1.29 is 18.0 Å². The largest absolute Gasteiger partial charge is 0.416 e. The molecular weight excluding hydrogens is 305 g/mol. The van der Waals surface area contributed by atoms with Gasteiger partial charge in [-0.2, -0.15) is 13.2 Å². The molecule has 0 bridgehead atoms. The Kier molecular flexibility index (Phi) is 5.64. The fourth-order valence-corrected chi connectivity index (χ4v) is 2.44. The second-order valence-electron chi connectivity index (χ2n) is 5.25. The van der Waals surface area contributed by atoms with Crippen molar-refractivity contribution in [3.8, 4) is 0 Å². The third-order valence-corrected chi connectivity index (χ3v) is 3.65. The van der Waals surface area contributed by atoms with Crippen LogP contribution < -0.4 is 11.1 Å². The Morgan fingerprint density at radius 3 is 2.38 bits per heavy atom. The third-order valence-electron chi connectivity index (χ3n) is 3.65. The molecule has 0 spiro atoms. The Bertz CT molecular complexity index is 499. The Hall–Kier alpha value is -1.27. The zero-order chi connectivity index (χ0) is 14.8. The maximum absolute atomic E-state index is 12.6. The van der Waals surface area contributed by atoms with Crippen LogP contribution in [0.15, 0.2) is 24.3 Å². The molecule has 1 aromatic rings. The first kappa shape index (κ1) is 17.8. The van der Waals surface area contributed by atoms with Crippen LogP contribution >= 0.6 is 12.4 Å². The lowest BCUT2D eigenvalue weighted by Gasteiger charge is -2.31. The Labute approximate surface area is 127 Å². The number of carbonyl (C=O) groups excluding carboxylic acids is 1. The number of anilines is 1. The van der Waals surface area contributed by atoms with E-state index in [9.17, 15) is 18.0 Å².